The molecule has 1 fully saturated rings. The van der Waals surface area contributed by atoms with E-state index in [1.165, 1.54) is 22.0 Å². The number of methoxy groups -OCH3 is 1. The first kappa shape index (κ1) is 21.7. The quantitative estimate of drug-likeness (QED) is 0.603. The first-order valence-electron chi connectivity index (χ1n) is 10.8. The maximum Gasteiger partial charge on any atom is 0.161 e. The molecule has 0 saturated carbocycles. The molecule has 2 atom stereocenters. The molecule has 1 aliphatic heterocycles. The van der Waals surface area contributed by atoms with Crippen molar-refractivity contribution in [3.05, 3.63) is 59.8 Å². The maximum absolute atomic E-state index is 9.01. The van der Waals surface area contributed by atoms with Crippen molar-refractivity contribution < 1.29 is 14.6 Å². The summed E-state index contributed by atoms with van der Waals surface area (Å²) in [6.45, 7) is 3.15. The van der Waals surface area contributed by atoms with E-state index in [4.69, 9.17) is 14.6 Å². The van der Waals surface area contributed by atoms with E-state index >= 15 is 0 Å². The summed E-state index contributed by atoms with van der Waals surface area (Å²) in [5, 5.41) is 10.4. The van der Waals surface area contributed by atoms with Gasteiger partial charge in [0, 0.05) is 55.7 Å². The van der Waals surface area contributed by atoms with E-state index in [-0.39, 0.29) is 13.2 Å². The lowest BCUT2D eigenvalue weighted by Gasteiger charge is -2.25. The first-order valence-corrected chi connectivity index (χ1v) is 10.8. The van der Waals surface area contributed by atoms with Crippen LogP contribution in [0.1, 0.15) is 17.0 Å². The molecule has 6 heteroatoms. The van der Waals surface area contributed by atoms with E-state index in [1.54, 1.807) is 7.11 Å². The van der Waals surface area contributed by atoms with E-state index in [9.17, 15) is 0 Å². The summed E-state index contributed by atoms with van der Waals surface area (Å²) in [4.78, 5) is 4.89. The number of aliphatic hydroxyl groups is 1. The highest BCUT2D eigenvalue weighted by molar-refractivity contribution is 5.84. The molecule has 0 spiro atoms. The van der Waals surface area contributed by atoms with Crippen molar-refractivity contribution in [1.29, 1.82) is 0 Å². The second-order valence-corrected chi connectivity index (χ2v) is 8.60. The predicted molar refractivity (Wildman–Crippen MR) is 124 cm³/mol. The van der Waals surface area contributed by atoms with Crippen LogP contribution in [0.4, 0.5) is 0 Å². The topological polar surface area (TPSA) is 50.1 Å². The number of aryl methyl sites for hydroxylation is 1. The summed E-state index contributed by atoms with van der Waals surface area (Å²) in [6.07, 6.45) is 2.31. The largest absolute Gasteiger partial charge is 0.493 e. The van der Waals surface area contributed by atoms with Crippen molar-refractivity contribution in [3.8, 4) is 11.5 Å². The molecule has 0 radical (unpaired) electrons. The van der Waals surface area contributed by atoms with Gasteiger partial charge < -0.3 is 24.0 Å². The van der Waals surface area contributed by atoms with Gasteiger partial charge in [-0.15, -0.1) is 0 Å². The molecular formula is C25H33N3O3. The average Bonchev–Trinajstić information content (AvgIpc) is 3.34. The molecule has 0 bridgehead atoms. The highest BCUT2D eigenvalue weighted by Crippen LogP contribution is 2.36. The van der Waals surface area contributed by atoms with Gasteiger partial charge in [-0.25, -0.2) is 0 Å². The normalized spacial score (nSPS) is 19.4. The minimum atomic E-state index is -0.0137. The standard InChI is InChI=1S/C25H33N3O3/c1-26(2)23-17-28(14-18-9-10-24(31-12-11-29)25(13-18)30-4)16-21(23)20-15-27(3)22-8-6-5-7-19(20)22/h5-10,13,15,21,23,29H,11-12,14,16-17H2,1-4H3/t21-,23+/m0/s1. The number of nitrogens with zero attached hydrogens (tertiary/aromatic N) is 3. The van der Waals surface area contributed by atoms with Gasteiger partial charge in [0.15, 0.2) is 11.5 Å². The first-order chi connectivity index (χ1) is 15.0. The van der Waals surface area contributed by atoms with Gasteiger partial charge in [0.05, 0.1) is 13.7 Å². The Labute approximate surface area is 184 Å². The molecule has 1 aromatic heterocycles. The van der Waals surface area contributed by atoms with Crippen LogP contribution in [0.3, 0.4) is 0 Å². The van der Waals surface area contributed by atoms with Crippen molar-refractivity contribution in [2.75, 3.05) is 47.5 Å². The number of likely N-dealkylation sites (N-methyl/N-ethyl adjacent to an activating group) is 1. The Hall–Kier alpha value is -2.54. The molecule has 0 unspecified atom stereocenters. The number of hydrogen-bond acceptors (Lipinski definition) is 5. The molecule has 1 aliphatic rings. The number of ether oxygens (including phenoxy) is 2. The fraction of sp³-hybridized carbons (Fsp3) is 0.440. The minimum absolute atomic E-state index is 0.0137. The zero-order chi connectivity index (χ0) is 22.0. The third-order valence-electron chi connectivity index (χ3n) is 6.34. The molecular weight excluding hydrogens is 390 g/mol. The van der Waals surface area contributed by atoms with Gasteiger partial charge in [0.1, 0.15) is 6.61 Å². The van der Waals surface area contributed by atoms with Crippen LogP contribution < -0.4 is 9.47 Å². The molecule has 31 heavy (non-hydrogen) atoms. The molecule has 0 amide bonds. The lowest BCUT2D eigenvalue weighted by atomic mass is 9.93. The number of aromatic nitrogens is 1. The van der Waals surface area contributed by atoms with Crippen molar-refractivity contribution in [3.63, 3.8) is 0 Å². The Morgan fingerprint density at radius 3 is 2.65 bits per heavy atom. The van der Waals surface area contributed by atoms with Crippen molar-refractivity contribution in [2.24, 2.45) is 7.05 Å². The Morgan fingerprint density at radius 2 is 1.90 bits per heavy atom. The van der Waals surface area contributed by atoms with Gasteiger partial charge in [0.25, 0.3) is 0 Å². The van der Waals surface area contributed by atoms with Crippen molar-refractivity contribution in [1.82, 2.24) is 14.4 Å². The summed E-state index contributed by atoms with van der Waals surface area (Å²) in [5.74, 6) is 1.83. The van der Waals surface area contributed by atoms with E-state index in [0.717, 1.165) is 19.6 Å². The van der Waals surface area contributed by atoms with Gasteiger partial charge in [-0.3, -0.25) is 4.90 Å². The molecule has 6 nitrogen and oxygen atoms in total. The van der Waals surface area contributed by atoms with E-state index in [2.05, 4.69) is 72.0 Å². The van der Waals surface area contributed by atoms with Crippen molar-refractivity contribution >= 4 is 10.9 Å². The van der Waals surface area contributed by atoms with Crippen LogP contribution in [-0.4, -0.2) is 73.0 Å². The molecule has 2 aromatic carbocycles. The third-order valence-corrected chi connectivity index (χ3v) is 6.34. The zero-order valence-corrected chi connectivity index (χ0v) is 18.9. The summed E-state index contributed by atoms with van der Waals surface area (Å²) < 4.78 is 13.3. The number of benzene rings is 2. The predicted octanol–water partition coefficient (Wildman–Crippen LogP) is 3.09. The van der Waals surface area contributed by atoms with Gasteiger partial charge in [0.2, 0.25) is 0 Å². The fourth-order valence-corrected chi connectivity index (χ4v) is 4.84. The van der Waals surface area contributed by atoms with Crippen LogP contribution in [0.5, 0.6) is 11.5 Å². The second kappa shape index (κ2) is 9.30. The lowest BCUT2D eigenvalue weighted by molar-refractivity contribution is 0.196. The molecule has 3 aromatic rings. The van der Waals surface area contributed by atoms with Crippen LogP contribution in [-0.2, 0) is 13.6 Å². The number of fused-ring (bicyclic) bond motifs is 1. The molecule has 4 rings (SSSR count). The maximum atomic E-state index is 9.01. The number of rotatable bonds is 8. The Bertz CT molecular complexity index is 1030. The molecule has 1 N–H and O–H groups in total. The second-order valence-electron chi connectivity index (χ2n) is 8.60. The number of para-hydroxylation sites is 1. The molecule has 1 saturated heterocycles. The van der Waals surface area contributed by atoms with Crippen LogP contribution in [0, 0.1) is 0 Å². The Balaban J connectivity index is 1.56. The van der Waals surface area contributed by atoms with E-state index < -0.39 is 0 Å². The SMILES string of the molecule is COc1cc(CN2C[C@@H](N(C)C)[C@H](c3cn(C)c4ccccc34)C2)ccc1OCCO. The lowest BCUT2D eigenvalue weighted by Crippen LogP contribution is -2.34. The summed E-state index contributed by atoms with van der Waals surface area (Å²) in [7, 11) is 8.15. The molecule has 166 valence electrons. The summed E-state index contributed by atoms with van der Waals surface area (Å²) in [5.41, 5.74) is 3.92. The van der Waals surface area contributed by atoms with Gasteiger partial charge in [-0.1, -0.05) is 24.3 Å². The highest BCUT2D eigenvalue weighted by Gasteiger charge is 2.36. The van der Waals surface area contributed by atoms with Crippen LogP contribution in [0.25, 0.3) is 10.9 Å². The molecule has 0 aliphatic carbocycles. The molecule has 2 heterocycles. The third kappa shape index (κ3) is 4.42. The smallest absolute Gasteiger partial charge is 0.161 e. The number of hydrogen-bond donors (Lipinski definition) is 1. The van der Waals surface area contributed by atoms with Crippen LogP contribution in [0.15, 0.2) is 48.7 Å². The Kier molecular flexibility index (Phi) is 6.51. The fourth-order valence-electron chi connectivity index (χ4n) is 4.84. The minimum Gasteiger partial charge on any atom is -0.493 e. The number of aliphatic hydroxyl groups excluding tert-OH is 1. The van der Waals surface area contributed by atoms with Gasteiger partial charge >= 0.3 is 0 Å². The number of likely N-dealkylation sites (tertiary alicyclic amines) is 1. The Morgan fingerprint density at radius 1 is 1.10 bits per heavy atom. The van der Waals surface area contributed by atoms with Gasteiger partial charge in [-0.05, 0) is 43.4 Å². The van der Waals surface area contributed by atoms with E-state index in [0.29, 0.717) is 23.5 Å². The highest BCUT2D eigenvalue weighted by atomic mass is 16.5. The summed E-state index contributed by atoms with van der Waals surface area (Å²) in [6, 6.07) is 15.2. The van der Waals surface area contributed by atoms with Crippen LogP contribution >= 0.6 is 0 Å². The van der Waals surface area contributed by atoms with Crippen molar-refractivity contribution in [2.45, 2.75) is 18.5 Å². The average molecular weight is 424 g/mol. The van der Waals surface area contributed by atoms with E-state index in [1.807, 2.05) is 12.1 Å². The monoisotopic (exact) mass is 423 g/mol. The van der Waals surface area contributed by atoms with Crippen LogP contribution in [0.2, 0.25) is 0 Å². The zero-order valence-electron chi connectivity index (χ0n) is 18.9. The van der Waals surface area contributed by atoms with Gasteiger partial charge in [-0.2, -0.15) is 0 Å². The summed E-state index contributed by atoms with van der Waals surface area (Å²) >= 11 is 0.